The summed E-state index contributed by atoms with van der Waals surface area (Å²) >= 11 is 1.62. The van der Waals surface area contributed by atoms with Crippen LogP contribution in [0.4, 0.5) is 0 Å². The first-order chi connectivity index (χ1) is 8.20. The molecule has 106 valence electrons. The van der Waals surface area contributed by atoms with Crippen molar-refractivity contribution in [1.82, 2.24) is 5.32 Å². The van der Waals surface area contributed by atoms with E-state index in [1.54, 1.807) is 11.8 Å². The van der Waals surface area contributed by atoms with E-state index in [4.69, 9.17) is 5.11 Å². The third-order valence-electron chi connectivity index (χ3n) is 2.45. The fourth-order valence-electron chi connectivity index (χ4n) is 1.31. The highest BCUT2D eigenvalue weighted by Crippen LogP contribution is 2.22. The second-order valence-electron chi connectivity index (χ2n) is 5.58. The van der Waals surface area contributed by atoms with Crippen molar-refractivity contribution in [1.29, 1.82) is 0 Å². The largest absolute Gasteiger partial charge is 0.481 e. The van der Waals surface area contributed by atoms with E-state index in [0.717, 1.165) is 6.42 Å². The predicted molar refractivity (Wildman–Crippen MR) is 75.9 cm³/mol. The number of amides is 1. The molecule has 0 aromatic heterocycles. The van der Waals surface area contributed by atoms with Gasteiger partial charge in [0.1, 0.15) is 0 Å². The minimum absolute atomic E-state index is 0.0559. The zero-order valence-corrected chi connectivity index (χ0v) is 12.6. The van der Waals surface area contributed by atoms with E-state index in [0.29, 0.717) is 24.6 Å². The molecular formula is C13H25NO3S. The molecule has 1 atom stereocenters. The standard InChI is InChI=1S/C13H25NO3S/c1-10(5-6-12(16)17)7-8-14-11(15)9-18-13(2,3)4/h10H,5-9H2,1-4H3,(H,14,15)(H,16,17). The van der Waals surface area contributed by atoms with E-state index >= 15 is 0 Å². The average Bonchev–Trinajstić information content (AvgIpc) is 2.22. The summed E-state index contributed by atoms with van der Waals surface area (Å²) in [5.41, 5.74) is 0. The first kappa shape index (κ1) is 17.3. The number of thioether (sulfide) groups is 1. The Labute approximate surface area is 114 Å². The number of hydrogen-bond donors (Lipinski definition) is 2. The molecule has 0 aliphatic carbocycles. The lowest BCUT2D eigenvalue weighted by Gasteiger charge is -2.17. The van der Waals surface area contributed by atoms with Crippen molar-refractivity contribution in [3.8, 4) is 0 Å². The first-order valence-electron chi connectivity index (χ1n) is 6.33. The van der Waals surface area contributed by atoms with Crippen LogP contribution in [-0.2, 0) is 9.59 Å². The zero-order chi connectivity index (χ0) is 14.2. The molecule has 0 aliphatic rings. The van der Waals surface area contributed by atoms with Crippen molar-refractivity contribution >= 4 is 23.6 Å². The molecule has 4 nitrogen and oxygen atoms in total. The van der Waals surface area contributed by atoms with Crippen LogP contribution < -0.4 is 5.32 Å². The second-order valence-corrected chi connectivity index (χ2v) is 7.38. The van der Waals surface area contributed by atoms with Gasteiger partial charge in [-0.05, 0) is 18.8 Å². The molecule has 0 rings (SSSR count). The molecule has 1 amide bonds. The zero-order valence-electron chi connectivity index (χ0n) is 11.8. The molecule has 0 saturated heterocycles. The topological polar surface area (TPSA) is 66.4 Å². The van der Waals surface area contributed by atoms with Gasteiger partial charge in [-0.25, -0.2) is 0 Å². The van der Waals surface area contributed by atoms with Gasteiger partial charge >= 0.3 is 5.97 Å². The van der Waals surface area contributed by atoms with Gasteiger partial charge in [0.25, 0.3) is 0 Å². The van der Waals surface area contributed by atoms with Gasteiger partial charge in [0.05, 0.1) is 5.75 Å². The van der Waals surface area contributed by atoms with Crippen molar-refractivity contribution in [3.05, 3.63) is 0 Å². The Balaban J connectivity index is 3.59. The number of aliphatic carboxylic acids is 1. The summed E-state index contributed by atoms with van der Waals surface area (Å²) in [6.45, 7) is 8.89. The van der Waals surface area contributed by atoms with Crippen LogP contribution in [0.25, 0.3) is 0 Å². The Kier molecular flexibility index (Phi) is 8.07. The highest BCUT2D eigenvalue weighted by molar-refractivity contribution is 8.01. The molecule has 18 heavy (non-hydrogen) atoms. The van der Waals surface area contributed by atoms with E-state index in [1.165, 1.54) is 0 Å². The number of rotatable bonds is 8. The monoisotopic (exact) mass is 275 g/mol. The number of hydrogen-bond acceptors (Lipinski definition) is 3. The van der Waals surface area contributed by atoms with Gasteiger partial charge in [0, 0.05) is 17.7 Å². The molecule has 0 aliphatic heterocycles. The van der Waals surface area contributed by atoms with E-state index in [-0.39, 0.29) is 17.1 Å². The first-order valence-corrected chi connectivity index (χ1v) is 7.31. The Bertz CT molecular complexity index is 274. The molecule has 0 spiro atoms. The lowest BCUT2D eigenvalue weighted by atomic mass is 10.0. The van der Waals surface area contributed by atoms with Crippen LogP contribution in [0.5, 0.6) is 0 Å². The second kappa shape index (κ2) is 8.40. The fraction of sp³-hybridized carbons (Fsp3) is 0.846. The predicted octanol–water partition coefficient (Wildman–Crippen LogP) is 2.53. The molecular weight excluding hydrogens is 250 g/mol. The molecule has 0 aromatic rings. The van der Waals surface area contributed by atoms with Gasteiger partial charge in [-0.2, -0.15) is 0 Å². The third-order valence-corrected chi connectivity index (χ3v) is 3.72. The maximum atomic E-state index is 11.5. The van der Waals surface area contributed by atoms with E-state index < -0.39 is 5.97 Å². The molecule has 0 heterocycles. The average molecular weight is 275 g/mol. The summed E-state index contributed by atoms with van der Waals surface area (Å²) in [4.78, 5) is 21.9. The van der Waals surface area contributed by atoms with Crippen LogP contribution in [-0.4, -0.2) is 34.0 Å². The highest BCUT2D eigenvalue weighted by atomic mass is 32.2. The minimum atomic E-state index is -0.757. The van der Waals surface area contributed by atoms with Crippen LogP contribution >= 0.6 is 11.8 Å². The molecule has 0 saturated carbocycles. The van der Waals surface area contributed by atoms with Crippen molar-refractivity contribution in [2.45, 2.75) is 51.7 Å². The molecule has 2 N–H and O–H groups in total. The van der Waals surface area contributed by atoms with Crippen molar-refractivity contribution in [2.75, 3.05) is 12.3 Å². The molecule has 0 radical (unpaired) electrons. The number of carbonyl (C=O) groups excluding carboxylic acids is 1. The van der Waals surface area contributed by atoms with E-state index in [2.05, 4.69) is 26.1 Å². The maximum Gasteiger partial charge on any atom is 0.303 e. The number of nitrogens with one attached hydrogen (secondary N) is 1. The molecule has 5 heteroatoms. The third kappa shape index (κ3) is 11.8. The van der Waals surface area contributed by atoms with Gasteiger partial charge in [0.2, 0.25) is 5.91 Å². The highest BCUT2D eigenvalue weighted by Gasteiger charge is 2.13. The summed E-state index contributed by atoms with van der Waals surface area (Å²) in [6.07, 6.45) is 1.70. The Morgan fingerprint density at radius 2 is 1.89 bits per heavy atom. The quantitative estimate of drug-likeness (QED) is 0.714. The van der Waals surface area contributed by atoms with Gasteiger partial charge in [-0.15, -0.1) is 11.8 Å². The summed E-state index contributed by atoms with van der Waals surface area (Å²) in [5.74, 6) is 0.108. The van der Waals surface area contributed by atoms with Crippen molar-refractivity contribution < 1.29 is 14.7 Å². The summed E-state index contributed by atoms with van der Waals surface area (Å²) in [5, 5.41) is 11.4. The molecule has 0 fully saturated rings. The molecule has 0 bridgehead atoms. The van der Waals surface area contributed by atoms with Crippen molar-refractivity contribution in [3.63, 3.8) is 0 Å². The normalized spacial score (nSPS) is 13.1. The number of carboxylic acids is 1. The number of carboxylic acid groups (broad SMARTS) is 1. The van der Waals surface area contributed by atoms with Crippen LogP contribution in [0, 0.1) is 5.92 Å². The summed E-state index contributed by atoms with van der Waals surface area (Å²) in [6, 6.07) is 0. The molecule has 1 unspecified atom stereocenters. The fourth-order valence-corrected chi connectivity index (χ4v) is 1.97. The summed E-state index contributed by atoms with van der Waals surface area (Å²) < 4.78 is 0.103. The number of carbonyl (C=O) groups is 2. The summed E-state index contributed by atoms with van der Waals surface area (Å²) in [7, 11) is 0. The maximum absolute atomic E-state index is 11.5. The van der Waals surface area contributed by atoms with Crippen molar-refractivity contribution in [2.24, 2.45) is 5.92 Å². The Morgan fingerprint density at radius 1 is 1.28 bits per heavy atom. The lowest BCUT2D eigenvalue weighted by molar-refractivity contribution is -0.137. The van der Waals surface area contributed by atoms with Crippen LogP contribution in [0.15, 0.2) is 0 Å². The van der Waals surface area contributed by atoms with Gasteiger partial charge in [0.15, 0.2) is 0 Å². The van der Waals surface area contributed by atoms with Crippen LogP contribution in [0.3, 0.4) is 0 Å². The SMILES string of the molecule is CC(CCNC(=O)CSC(C)(C)C)CCC(=O)O. The lowest BCUT2D eigenvalue weighted by Crippen LogP contribution is -2.28. The minimum Gasteiger partial charge on any atom is -0.481 e. The Morgan fingerprint density at radius 3 is 2.39 bits per heavy atom. The van der Waals surface area contributed by atoms with E-state index in [1.807, 2.05) is 6.92 Å². The van der Waals surface area contributed by atoms with Crippen LogP contribution in [0.2, 0.25) is 0 Å². The molecule has 0 aromatic carbocycles. The Hall–Kier alpha value is -0.710. The van der Waals surface area contributed by atoms with E-state index in [9.17, 15) is 9.59 Å². The van der Waals surface area contributed by atoms with Gasteiger partial charge in [-0.1, -0.05) is 27.7 Å². The van der Waals surface area contributed by atoms with Gasteiger partial charge in [-0.3, -0.25) is 9.59 Å². The van der Waals surface area contributed by atoms with Crippen LogP contribution in [0.1, 0.15) is 47.0 Å². The van der Waals surface area contributed by atoms with Gasteiger partial charge < -0.3 is 10.4 Å². The smallest absolute Gasteiger partial charge is 0.303 e.